The third-order valence-electron chi connectivity index (χ3n) is 5.82. The average molecular weight is 482 g/mol. The summed E-state index contributed by atoms with van der Waals surface area (Å²) in [6, 6.07) is 20.8. The number of carbonyl (C=O) groups is 2. The topological polar surface area (TPSA) is 130 Å². The Morgan fingerprint density at radius 3 is 2.42 bits per heavy atom. The normalized spacial score (nSPS) is 11.8. The van der Waals surface area contributed by atoms with Gasteiger partial charge in [-0.1, -0.05) is 59.8 Å². The highest BCUT2D eigenvalue weighted by Gasteiger charge is 2.20. The molecule has 2 aromatic heterocycles. The molecule has 1 unspecified atom stereocenters. The van der Waals surface area contributed by atoms with Crippen LogP contribution < -0.4 is 5.32 Å². The quantitative estimate of drug-likeness (QED) is 0.263. The average Bonchev–Trinajstić information content (AvgIpc) is 3.52. The molecule has 0 radical (unpaired) electrons. The van der Waals surface area contributed by atoms with Crippen LogP contribution in [-0.4, -0.2) is 32.3 Å². The second-order valence-electron chi connectivity index (χ2n) is 8.28. The Balaban J connectivity index is 1.38. The predicted molar refractivity (Wildman–Crippen MR) is 134 cm³/mol. The van der Waals surface area contributed by atoms with Crippen LogP contribution in [0.15, 0.2) is 77.4 Å². The van der Waals surface area contributed by atoms with Crippen molar-refractivity contribution in [2.45, 2.75) is 20.0 Å². The molecule has 0 aliphatic heterocycles. The number of carboxylic acids is 1. The van der Waals surface area contributed by atoms with Gasteiger partial charge in [-0.3, -0.25) is 5.32 Å². The van der Waals surface area contributed by atoms with Gasteiger partial charge in [0, 0.05) is 11.1 Å². The maximum atomic E-state index is 12.6. The number of amides is 1. The number of aromatic amines is 1. The molecular formula is C27H22N4O5. The van der Waals surface area contributed by atoms with E-state index < -0.39 is 18.2 Å². The molecule has 0 bridgehead atoms. The first-order valence-electron chi connectivity index (χ1n) is 11.2. The van der Waals surface area contributed by atoms with Crippen molar-refractivity contribution in [3.63, 3.8) is 0 Å². The van der Waals surface area contributed by atoms with Crippen LogP contribution in [-0.2, 0) is 4.74 Å². The zero-order valence-corrected chi connectivity index (χ0v) is 19.5. The largest absolute Gasteiger partial charge is 0.477 e. The lowest BCUT2D eigenvalue weighted by Crippen LogP contribution is -2.16. The minimum Gasteiger partial charge on any atom is -0.477 e. The lowest BCUT2D eigenvalue weighted by Gasteiger charge is -2.14. The third kappa shape index (κ3) is 4.54. The molecule has 0 saturated heterocycles. The van der Waals surface area contributed by atoms with Crippen molar-refractivity contribution in [3.8, 4) is 22.7 Å². The van der Waals surface area contributed by atoms with E-state index in [0.717, 1.165) is 27.5 Å². The van der Waals surface area contributed by atoms with E-state index >= 15 is 0 Å². The number of aryl methyl sites for hydroxylation is 1. The fourth-order valence-corrected chi connectivity index (χ4v) is 3.91. The van der Waals surface area contributed by atoms with Gasteiger partial charge in [0.05, 0.1) is 6.20 Å². The summed E-state index contributed by atoms with van der Waals surface area (Å²) in [5.74, 6) is -0.178. The molecule has 0 aliphatic carbocycles. The summed E-state index contributed by atoms with van der Waals surface area (Å²) >= 11 is 0. The van der Waals surface area contributed by atoms with E-state index in [1.54, 1.807) is 13.8 Å². The van der Waals surface area contributed by atoms with Crippen molar-refractivity contribution in [3.05, 3.63) is 89.9 Å². The Morgan fingerprint density at radius 2 is 1.72 bits per heavy atom. The van der Waals surface area contributed by atoms with Crippen LogP contribution in [0.5, 0.6) is 0 Å². The molecule has 1 amide bonds. The van der Waals surface area contributed by atoms with Gasteiger partial charge in [-0.25, -0.2) is 14.6 Å². The zero-order valence-electron chi connectivity index (χ0n) is 19.5. The standard InChI is InChI=1S/C27H22N4O5/c1-15-23(30-27(34)35-16(2)17-6-4-3-5-7-17)24(36-31-15)20-10-8-19-13-21(11-9-18(19)12-20)25-28-14-22(29-25)26(32)33/h3-14,16H,1-2H3,(H,28,29)(H,30,34)(H,32,33). The van der Waals surface area contributed by atoms with Gasteiger partial charge in [0.25, 0.3) is 0 Å². The molecule has 3 aromatic carbocycles. The van der Waals surface area contributed by atoms with Crippen molar-refractivity contribution in [2.24, 2.45) is 0 Å². The van der Waals surface area contributed by atoms with Gasteiger partial charge in [-0.15, -0.1) is 0 Å². The van der Waals surface area contributed by atoms with Crippen molar-refractivity contribution < 1.29 is 24.0 Å². The SMILES string of the molecule is Cc1noc(-c2ccc3cc(-c4ncc(C(=O)O)[nH]4)ccc3c2)c1NC(=O)OC(C)c1ccccc1. The Kier molecular flexibility index (Phi) is 5.95. The zero-order chi connectivity index (χ0) is 25.2. The molecule has 0 aliphatic rings. The lowest BCUT2D eigenvalue weighted by atomic mass is 10.0. The van der Waals surface area contributed by atoms with Gasteiger partial charge < -0.3 is 19.4 Å². The van der Waals surface area contributed by atoms with Crippen molar-refractivity contribution in [1.29, 1.82) is 0 Å². The number of aromatic nitrogens is 3. The van der Waals surface area contributed by atoms with Crippen molar-refractivity contribution >= 4 is 28.5 Å². The summed E-state index contributed by atoms with van der Waals surface area (Å²) in [6.45, 7) is 3.55. The minimum atomic E-state index is -1.07. The number of rotatable bonds is 6. The first kappa shape index (κ1) is 22.9. The molecule has 2 heterocycles. The number of imidazole rings is 1. The number of hydrogen-bond donors (Lipinski definition) is 3. The maximum absolute atomic E-state index is 12.6. The van der Waals surface area contributed by atoms with Crippen LogP contribution in [0.1, 0.15) is 34.8 Å². The summed E-state index contributed by atoms with van der Waals surface area (Å²) in [5, 5.41) is 17.7. The maximum Gasteiger partial charge on any atom is 0.412 e. The molecule has 9 heteroatoms. The van der Waals surface area contributed by atoms with E-state index in [9.17, 15) is 9.59 Å². The highest BCUT2D eigenvalue weighted by Crippen LogP contribution is 2.34. The number of nitrogens with zero attached hydrogens (tertiary/aromatic N) is 2. The number of fused-ring (bicyclic) bond motifs is 1. The smallest absolute Gasteiger partial charge is 0.412 e. The van der Waals surface area contributed by atoms with Gasteiger partial charge in [0.1, 0.15) is 29.0 Å². The van der Waals surface area contributed by atoms with Crippen LogP contribution in [0.25, 0.3) is 33.5 Å². The fraction of sp³-hybridized carbons (Fsp3) is 0.111. The molecule has 180 valence electrons. The van der Waals surface area contributed by atoms with Gasteiger partial charge in [0.2, 0.25) is 0 Å². The number of ether oxygens (including phenoxy) is 1. The number of H-pyrrole nitrogens is 1. The van der Waals surface area contributed by atoms with Gasteiger partial charge in [-0.2, -0.15) is 0 Å². The number of hydrogen-bond acceptors (Lipinski definition) is 6. The summed E-state index contributed by atoms with van der Waals surface area (Å²) in [7, 11) is 0. The Bertz CT molecular complexity index is 1570. The van der Waals surface area contributed by atoms with Gasteiger partial charge in [0.15, 0.2) is 5.76 Å². The van der Waals surface area contributed by atoms with E-state index in [0.29, 0.717) is 23.0 Å². The Morgan fingerprint density at radius 1 is 1.03 bits per heavy atom. The highest BCUT2D eigenvalue weighted by atomic mass is 16.6. The Labute approximate surface area is 205 Å². The van der Waals surface area contributed by atoms with Crippen molar-refractivity contribution in [2.75, 3.05) is 5.32 Å². The number of nitrogens with one attached hydrogen (secondary N) is 2. The van der Waals surface area contributed by atoms with Gasteiger partial charge in [-0.05, 0) is 42.3 Å². The number of benzene rings is 3. The lowest BCUT2D eigenvalue weighted by molar-refractivity contribution is 0.0691. The molecule has 0 saturated carbocycles. The first-order chi connectivity index (χ1) is 17.4. The van der Waals surface area contributed by atoms with E-state index in [1.165, 1.54) is 6.20 Å². The van der Waals surface area contributed by atoms with E-state index in [1.807, 2.05) is 66.7 Å². The van der Waals surface area contributed by atoms with Crippen LogP contribution in [0, 0.1) is 6.92 Å². The summed E-state index contributed by atoms with van der Waals surface area (Å²) in [5.41, 5.74) is 3.37. The number of aromatic carboxylic acids is 1. The first-order valence-corrected chi connectivity index (χ1v) is 11.2. The molecule has 9 nitrogen and oxygen atoms in total. The predicted octanol–water partition coefficient (Wildman–Crippen LogP) is 6.20. The summed E-state index contributed by atoms with van der Waals surface area (Å²) in [4.78, 5) is 30.7. The number of carboxylic acid groups (broad SMARTS) is 1. The number of anilines is 1. The molecule has 0 spiro atoms. The molecule has 5 aromatic rings. The molecule has 5 rings (SSSR count). The van der Waals surface area contributed by atoms with Crippen LogP contribution in [0.2, 0.25) is 0 Å². The molecular weight excluding hydrogens is 460 g/mol. The van der Waals surface area contributed by atoms with Crippen LogP contribution in [0.4, 0.5) is 10.5 Å². The Hall–Kier alpha value is -4.92. The van der Waals surface area contributed by atoms with Crippen LogP contribution >= 0.6 is 0 Å². The summed E-state index contributed by atoms with van der Waals surface area (Å²) in [6.07, 6.45) is 0.256. The van der Waals surface area contributed by atoms with Crippen molar-refractivity contribution in [1.82, 2.24) is 15.1 Å². The summed E-state index contributed by atoms with van der Waals surface area (Å²) < 4.78 is 11.1. The van der Waals surface area contributed by atoms with E-state index in [4.69, 9.17) is 14.4 Å². The van der Waals surface area contributed by atoms with Gasteiger partial charge >= 0.3 is 12.1 Å². The highest BCUT2D eigenvalue weighted by molar-refractivity contribution is 5.94. The molecule has 36 heavy (non-hydrogen) atoms. The second kappa shape index (κ2) is 9.38. The van der Waals surface area contributed by atoms with E-state index in [-0.39, 0.29) is 5.69 Å². The number of carbonyl (C=O) groups excluding carboxylic acids is 1. The fourth-order valence-electron chi connectivity index (χ4n) is 3.91. The van der Waals surface area contributed by atoms with Crippen LogP contribution in [0.3, 0.4) is 0 Å². The molecule has 1 atom stereocenters. The van der Waals surface area contributed by atoms with E-state index in [2.05, 4.69) is 20.4 Å². The monoisotopic (exact) mass is 482 g/mol. The molecule has 3 N–H and O–H groups in total. The third-order valence-corrected chi connectivity index (χ3v) is 5.82. The second-order valence-corrected chi connectivity index (χ2v) is 8.28. The molecule has 0 fully saturated rings. The minimum absolute atomic E-state index is 0.0258.